The van der Waals surface area contributed by atoms with Crippen LogP contribution in [0.5, 0.6) is 0 Å². The van der Waals surface area contributed by atoms with Gasteiger partial charge in [-0.15, -0.1) is 0 Å². The van der Waals surface area contributed by atoms with E-state index < -0.39 is 0 Å². The van der Waals surface area contributed by atoms with Gasteiger partial charge in [-0.25, -0.2) is 9.97 Å². The van der Waals surface area contributed by atoms with Gasteiger partial charge >= 0.3 is 0 Å². The average Bonchev–Trinajstić information content (AvgIpc) is 2.63. The third-order valence-corrected chi connectivity index (χ3v) is 3.56. The Labute approximate surface area is 140 Å². The largest absolute Gasteiger partial charge is 0.324 e. The number of aryl methyl sites for hydroxylation is 1. The predicted molar refractivity (Wildman–Crippen MR) is 95.5 cm³/mol. The van der Waals surface area contributed by atoms with E-state index in [1.165, 1.54) is 0 Å². The van der Waals surface area contributed by atoms with Gasteiger partial charge in [-0.05, 0) is 36.2 Å². The summed E-state index contributed by atoms with van der Waals surface area (Å²) in [6, 6.07) is 18.9. The Morgan fingerprint density at radius 2 is 1.75 bits per heavy atom. The number of hydrogen-bond donors (Lipinski definition) is 2. The van der Waals surface area contributed by atoms with Crippen LogP contribution in [0.3, 0.4) is 0 Å². The van der Waals surface area contributed by atoms with Gasteiger partial charge in [-0.1, -0.05) is 43.3 Å². The molecule has 2 N–H and O–H groups in total. The fourth-order valence-corrected chi connectivity index (χ4v) is 2.33. The van der Waals surface area contributed by atoms with Gasteiger partial charge in [0.05, 0.1) is 0 Å². The Bertz CT molecular complexity index is 834. The number of rotatable bonds is 5. The maximum Gasteiger partial charge on any atom is 0.274 e. The number of benzene rings is 2. The predicted octanol–water partition coefficient (Wildman–Crippen LogP) is 4.03. The zero-order chi connectivity index (χ0) is 16.8. The second-order valence-corrected chi connectivity index (χ2v) is 5.22. The Kier molecular flexibility index (Phi) is 4.81. The smallest absolute Gasteiger partial charge is 0.274 e. The van der Waals surface area contributed by atoms with E-state index in [4.69, 9.17) is 0 Å². The Hall–Kier alpha value is -3.21. The quantitative estimate of drug-likeness (QED) is 0.745. The van der Waals surface area contributed by atoms with Crippen LogP contribution in [-0.2, 0) is 6.42 Å². The second kappa shape index (κ2) is 7.37. The third kappa shape index (κ3) is 3.76. The van der Waals surface area contributed by atoms with Gasteiger partial charge in [-0.2, -0.15) is 0 Å². The molecule has 1 aromatic heterocycles. The number of nitrogens with one attached hydrogen (secondary N) is 2. The van der Waals surface area contributed by atoms with Crippen molar-refractivity contribution in [3.05, 3.63) is 78.1 Å². The molecule has 0 aliphatic heterocycles. The van der Waals surface area contributed by atoms with Crippen molar-refractivity contribution in [1.82, 2.24) is 9.97 Å². The first-order chi connectivity index (χ1) is 11.8. The first-order valence-corrected chi connectivity index (χ1v) is 7.80. The number of carbonyl (C=O) groups excluding carboxylic acids is 1. The minimum Gasteiger partial charge on any atom is -0.324 e. The summed E-state index contributed by atoms with van der Waals surface area (Å²) >= 11 is 0. The van der Waals surface area contributed by atoms with Gasteiger partial charge in [0.1, 0.15) is 5.69 Å². The second-order valence-electron chi connectivity index (χ2n) is 5.22. The molecule has 0 aliphatic carbocycles. The van der Waals surface area contributed by atoms with Gasteiger partial charge < -0.3 is 10.6 Å². The van der Waals surface area contributed by atoms with Crippen LogP contribution in [-0.4, -0.2) is 15.9 Å². The number of aromatic nitrogens is 2. The van der Waals surface area contributed by atoms with Crippen molar-refractivity contribution in [2.45, 2.75) is 13.3 Å². The number of carbonyl (C=O) groups is 1. The molecule has 1 amide bonds. The lowest BCUT2D eigenvalue weighted by Crippen LogP contribution is -2.15. The van der Waals surface area contributed by atoms with Crippen LogP contribution in [0.4, 0.5) is 17.3 Å². The molecule has 3 aromatic rings. The highest BCUT2D eigenvalue weighted by atomic mass is 16.1. The molecule has 0 atom stereocenters. The van der Waals surface area contributed by atoms with Gasteiger partial charge in [0.25, 0.3) is 5.91 Å². The molecule has 2 aromatic carbocycles. The third-order valence-electron chi connectivity index (χ3n) is 3.56. The SMILES string of the molecule is CCc1ccccc1NC(=O)c1ccnc(Nc2ccccc2)n1. The molecule has 0 saturated carbocycles. The molecule has 5 nitrogen and oxygen atoms in total. The van der Waals surface area contributed by atoms with Crippen LogP contribution in [0.25, 0.3) is 0 Å². The van der Waals surface area contributed by atoms with E-state index >= 15 is 0 Å². The number of hydrogen-bond acceptors (Lipinski definition) is 4. The van der Waals surface area contributed by atoms with E-state index in [1.54, 1.807) is 12.3 Å². The van der Waals surface area contributed by atoms with Crippen LogP contribution in [0, 0.1) is 0 Å². The van der Waals surface area contributed by atoms with E-state index in [-0.39, 0.29) is 5.91 Å². The molecular weight excluding hydrogens is 300 g/mol. The topological polar surface area (TPSA) is 66.9 Å². The van der Waals surface area contributed by atoms with E-state index in [1.807, 2.05) is 54.6 Å². The van der Waals surface area contributed by atoms with Crippen LogP contribution in [0.2, 0.25) is 0 Å². The summed E-state index contributed by atoms with van der Waals surface area (Å²) in [6.45, 7) is 2.05. The summed E-state index contributed by atoms with van der Waals surface area (Å²) in [5.74, 6) is 0.132. The monoisotopic (exact) mass is 318 g/mol. The minimum absolute atomic E-state index is 0.255. The average molecular weight is 318 g/mol. The highest BCUT2D eigenvalue weighted by Gasteiger charge is 2.11. The molecule has 5 heteroatoms. The van der Waals surface area contributed by atoms with Crippen molar-refractivity contribution in [2.24, 2.45) is 0 Å². The molecule has 0 fully saturated rings. The van der Waals surface area contributed by atoms with Crippen molar-refractivity contribution in [2.75, 3.05) is 10.6 Å². The lowest BCUT2D eigenvalue weighted by Gasteiger charge is -2.10. The van der Waals surface area contributed by atoms with Gasteiger partial charge in [0.15, 0.2) is 0 Å². The Balaban J connectivity index is 1.77. The summed E-state index contributed by atoms with van der Waals surface area (Å²) in [6.07, 6.45) is 2.42. The van der Waals surface area contributed by atoms with E-state index in [0.717, 1.165) is 23.4 Å². The maximum absolute atomic E-state index is 12.5. The summed E-state index contributed by atoms with van der Waals surface area (Å²) in [5.41, 5.74) is 3.07. The van der Waals surface area contributed by atoms with Crippen molar-refractivity contribution >= 4 is 23.2 Å². The summed E-state index contributed by atoms with van der Waals surface area (Å²) in [4.78, 5) is 20.9. The van der Waals surface area contributed by atoms with Crippen LogP contribution < -0.4 is 10.6 Å². The number of nitrogens with zero attached hydrogens (tertiary/aromatic N) is 2. The molecule has 0 saturated heterocycles. The van der Waals surface area contributed by atoms with E-state index in [0.29, 0.717) is 11.6 Å². The molecule has 0 spiro atoms. The minimum atomic E-state index is -0.255. The molecule has 0 bridgehead atoms. The van der Waals surface area contributed by atoms with Crippen molar-refractivity contribution in [3.63, 3.8) is 0 Å². The highest BCUT2D eigenvalue weighted by Crippen LogP contribution is 2.17. The molecular formula is C19H18N4O. The van der Waals surface area contributed by atoms with Gasteiger partial charge in [-0.3, -0.25) is 4.79 Å². The maximum atomic E-state index is 12.5. The zero-order valence-electron chi connectivity index (χ0n) is 13.4. The first kappa shape index (κ1) is 15.7. The summed E-state index contributed by atoms with van der Waals surface area (Å²) < 4.78 is 0. The standard InChI is InChI=1S/C19H18N4O/c1-2-14-8-6-7-11-16(14)22-18(24)17-12-13-20-19(23-17)21-15-9-4-3-5-10-15/h3-13H,2H2,1H3,(H,22,24)(H,20,21,23). The van der Waals surface area contributed by atoms with Crippen LogP contribution in [0.1, 0.15) is 23.0 Å². The number of amides is 1. The van der Waals surface area contributed by atoms with Crippen molar-refractivity contribution in [3.8, 4) is 0 Å². The van der Waals surface area contributed by atoms with E-state index in [2.05, 4.69) is 27.5 Å². The zero-order valence-corrected chi connectivity index (χ0v) is 13.4. The molecule has 0 unspecified atom stereocenters. The first-order valence-electron chi connectivity index (χ1n) is 7.80. The molecule has 1 heterocycles. The molecule has 3 rings (SSSR count). The van der Waals surface area contributed by atoms with Crippen molar-refractivity contribution in [1.29, 1.82) is 0 Å². The fourth-order valence-electron chi connectivity index (χ4n) is 2.33. The summed E-state index contributed by atoms with van der Waals surface area (Å²) in [7, 11) is 0. The lowest BCUT2D eigenvalue weighted by atomic mass is 10.1. The van der Waals surface area contributed by atoms with Crippen LogP contribution in [0.15, 0.2) is 66.9 Å². The molecule has 120 valence electrons. The highest BCUT2D eigenvalue weighted by molar-refractivity contribution is 6.03. The molecule has 0 radical (unpaired) electrons. The number of anilines is 3. The van der Waals surface area contributed by atoms with Crippen molar-refractivity contribution < 1.29 is 4.79 Å². The summed E-state index contributed by atoms with van der Waals surface area (Å²) in [5, 5.41) is 6.00. The fraction of sp³-hybridized carbons (Fsp3) is 0.105. The lowest BCUT2D eigenvalue weighted by molar-refractivity contribution is 0.102. The van der Waals surface area contributed by atoms with Gasteiger partial charge in [0.2, 0.25) is 5.95 Å². The van der Waals surface area contributed by atoms with E-state index in [9.17, 15) is 4.79 Å². The van der Waals surface area contributed by atoms with Gasteiger partial charge in [0, 0.05) is 17.6 Å². The molecule has 24 heavy (non-hydrogen) atoms. The van der Waals surface area contributed by atoms with Crippen LogP contribution >= 0.6 is 0 Å². The normalized spacial score (nSPS) is 10.2. The number of para-hydroxylation sites is 2. The Morgan fingerprint density at radius 1 is 1.00 bits per heavy atom. The molecule has 0 aliphatic rings. The Morgan fingerprint density at radius 3 is 2.54 bits per heavy atom.